The second kappa shape index (κ2) is 10.6. The summed E-state index contributed by atoms with van der Waals surface area (Å²) in [6, 6.07) is 9.43. The number of rotatable bonds is 6. The molecular formula is C29H36N4O5. The second-order valence-electron chi connectivity index (χ2n) is 11.0. The highest BCUT2D eigenvalue weighted by Crippen LogP contribution is 2.38. The predicted molar refractivity (Wildman–Crippen MR) is 146 cm³/mol. The van der Waals surface area contributed by atoms with Crippen molar-refractivity contribution in [3.05, 3.63) is 42.2 Å². The van der Waals surface area contributed by atoms with Crippen molar-refractivity contribution in [2.24, 2.45) is 5.92 Å². The molecule has 0 bridgehead atoms. The number of hydrogen-bond acceptors (Lipinski definition) is 8. The van der Waals surface area contributed by atoms with Crippen LogP contribution < -0.4 is 19.1 Å². The quantitative estimate of drug-likeness (QED) is 0.424. The average Bonchev–Trinajstić information content (AvgIpc) is 3.30. The molecule has 2 aliphatic heterocycles. The Morgan fingerprint density at radius 3 is 2.58 bits per heavy atom. The van der Waals surface area contributed by atoms with Gasteiger partial charge in [-0.15, -0.1) is 0 Å². The van der Waals surface area contributed by atoms with Crippen LogP contribution in [0.2, 0.25) is 0 Å². The number of methoxy groups -OCH3 is 1. The Hall–Kier alpha value is -3.59. The lowest BCUT2D eigenvalue weighted by Crippen LogP contribution is -2.35. The van der Waals surface area contributed by atoms with Crippen LogP contribution in [-0.2, 0) is 11.2 Å². The third-order valence-electron chi connectivity index (χ3n) is 6.97. The molecule has 1 fully saturated rings. The number of anilines is 1. The largest absolute Gasteiger partial charge is 0.493 e. The summed E-state index contributed by atoms with van der Waals surface area (Å²) in [5.41, 5.74) is 2.03. The van der Waals surface area contributed by atoms with E-state index in [1.807, 2.05) is 51.1 Å². The molecule has 0 aliphatic carbocycles. The van der Waals surface area contributed by atoms with E-state index in [9.17, 15) is 4.79 Å². The minimum atomic E-state index is -0.546. The molecule has 1 amide bonds. The highest BCUT2D eigenvalue weighted by Gasteiger charge is 2.29. The van der Waals surface area contributed by atoms with E-state index in [1.54, 1.807) is 12.0 Å². The first-order valence-electron chi connectivity index (χ1n) is 13.2. The third-order valence-corrected chi connectivity index (χ3v) is 6.97. The number of piperidine rings is 1. The summed E-state index contributed by atoms with van der Waals surface area (Å²) >= 11 is 0. The average molecular weight is 521 g/mol. The van der Waals surface area contributed by atoms with Gasteiger partial charge in [0.2, 0.25) is 5.88 Å². The summed E-state index contributed by atoms with van der Waals surface area (Å²) in [7, 11) is 3.79. The van der Waals surface area contributed by atoms with Gasteiger partial charge < -0.3 is 23.8 Å². The Morgan fingerprint density at radius 2 is 1.84 bits per heavy atom. The van der Waals surface area contributed by atoms with Crippen LogP contribution in [0.15, 0.2) is 36.7 Å². The molecule has 0 atom stereocenters. The standard InChI is InChI=1S/C29H36N4O5/c1-29(2,3)38-28(34)33-13-10-20-14-21(6-7-24(20)33)37-27-22-15-25(35-5)26(16-23(22)30-18-31-27)36-17-19-8-11-32(4)12-9-19/h6-7,14-16,18-19H,8-13,17H2,1-5H3. The predicted octanol–water partition coefficient (Wildman–Crippen LogP) is 5.45. The maximum Gasteiger partial charge on any atom is 0.414 e. The van der Waals surface area contributed by atoms with Crippen LogP contribution in [0.4, 0.5) is 10.5 Å². The molecule has 3 aromatic rings. The third kappa shape index (κ3) is 5.78. The van der Waals surface area contributed by atoms with Crippen LogP contribution in [0.25, 0.3) is 10.9 Å². The van der Waals surface area contributed by atoms with Crippen molar-refractivity contribution in [1.29, 1.82) is 0 Å². The van der Waals surface area contributed by atoms with Gasteiger partial charge in [-0.25, -0.2) is 14.8 Å². The number of carbonyl (C=O) groups is 1. The van der Waals surface area contributed by atoms with Gasteiger partial charge in [0.15, 0.2) is 11.5 Å². The van der Waals surface area contributed by atoms with Crippen molar-refractivity contribution in [1.82, 2.24) is 14.9 Å². The number of carbonyl (C=O) groups excluding carboxylic acids is 1. The van der Waals surface area contributed by atoms with Crippen LogP contribution in [0.5, 0.6) is 23.1 Å². The molecule has 1 saturated heterocycles. The molecule has 202 valence electrons. The van der Waals surface area contributed by atoms with Crippen LogP contribution in [-0.4, -0.2) is 67.0 Å². The Morgan fingerprint density at radius 1 is 1.05 bits per heavy atom. The lowest BCUT2D eigenvalue weighted by atomic mass is 9.98. The SMILES string of the molecule is COc1cc2c(Oc3ccc4c(c3)CCN4C(=O)OC(C)(C)C)ncnc2cc1OCC1CCN(C)CC1. The number of hydrogen-bond donors (Lipinski definition) is 0. The van der Waals surface area contributed by atoms with Gasteiger partial charge in [0.1, 0.15) is 17.7 Å². The van der Waals surface area contributed by atoms with E-state index in [1.165, 1.54) is 6.33 Å². The number of amides is 1. The molecule has 9 nitrogen and oxygen atoms in total. The number of ether oxygens (including phenoxy) is 4. The zero-order valence-corrected chi connectivity index (χ0v) is 22.8. The summed E-state index contributed by atoms with van der Waals surface area (Å²) in [5, 5.41) is 0.729. The number of likely N-dealkylation sites (tertiary alicyclic amines) is 1. The Balaban J connectivity index is 1.33. The van der Waals surface area contributed by atoms with E-state index < -0.39 is 5.60 Å². The lowest BCUT2D eigenvalue weighted by Gasteiger charge is -2.28. The van der Waals surface area contributed by atoms with E-state index in [0.29, 0.717) is 47.7 Å². The zero-order chi connectivity index (χ0) is 26.9. The van der Waals surface area contributed by atoms with E-state index in [-0.39, 0.29) is 6.09 Å². The van der Waals surface area contributed by atoms with Crippen molar-refractivity contribution in [3.8, 4) is 23.1 Å². The molecule has 2 aliphatic rings. The van der Waals surface area contributed by atoms with Crippen molar-refractivity contribution < 1.29 is 23.7 Å². The zero-order valence-electron chi connectivity index (χ0n) is 22.8. The lowest BCUT2D eigenvalue weighted by molar-refractivity contribution is 0.0584. The summed E-state index contributed by atoms with van der Waals surface area (Å²) in [6.45, 7) is 9.01. The van der Waals surface area contributed by atoms with E-state index in [4.69, 9.17) is 18.9 Å². The van der Waals surface area contributed by atoms with E-state index >= 15 is 0 Å². The van der Waals surface area contributed by atoms with Crippen molar-refractivity contribution in [2.75, 3.05) is 45.3 Å². The van der Waals surface area contributed by atoms with Gasteiger partial charge in [-0.2, -0.15) is 0 Å². The monoisotopic (exact) mass is 520 g/mol. The molecule has 2 aromatic carbocycles. The first-order valence-corrected chi connectivity index (χ1v) is 13.2. The fraction of sp³-hybridized carbons (Fsp3) is 0.483. The summed E-state index contributed by atoms with van der Waals surface area (Å²) in [5.74, 6) is 2.88. The van der Waals surface area contributed by atoms with Gasteiger partial charge in [0, 0.05) is 12.6 Å². The van der Waals surface area contributed by atoms with E-state index in [2.05, 4.69) is 21.9 Å². The molecule has 1 aromatic heterocycles. The summed E-state index contributed by atoms with van der Waals surface area (Å²) in [4.78, 5) is 25.5. The molecule has 38 heavy (non-hydrogen) atoms. The van der Waals surface area contributed by atoms with Crippen molar-refractivity contribution in [2.45, 2.75) is 45.6 Å². The molecule has 3 heterocycles. The summed E-state index contributed by atoms with van der Waals surface area (Å²) in [6.07, 6.45) is 4.13. The van der Waals surface area contributed by atoms with Crippen molar-refractivity contribution >= 4 is 22.7 Å². The number of fused-ring (bicyclic) bond motifs is 2. The second-order valence-corrected chi connectivity index (χ2v) is 11.0. The maximum absolute atomic E-state index is 12.6. The molecule has 0 spiro atoms. The highest BCUT2D eigenvalue weighted by atomic mass is 16.6. The van der Waals surface area contributed by atoms with Crippen LogP contribution in [0.3, 0.4) is 0 Å². The Labute approximate surface area is 223 Å². The van der Waals surface area contributed by atoms with Gasteiger partial charge >= 0.3 is 6.09 Å². The summed E-state index contributed by atoms with van der Waals surface area (Å²) < 4.78 is 23.6. The van der Waals surface area contributed by atoms with Crippen molar-refractivity contribution in [3.63, 3.8) is 0 Å². The highest BCUT2D eigenvalue weighted by molar-refractivity contribution is 5.91. The molecule has 0 radical (unpaired) electrons. The van der Waals surface area contributed by atoms with Crippen LogP contribution >= 0.6 is 0 Å². The fourth-order valence-corrected chi connectivity index (χ4v) is 4.89. The van der Waals surface area contributed by atoms with Crippen LogP contribution in [0, 0.1) is 5.92 Å². The molecule has 0 N–H and O–H groups in total. The molecule has 9 heteroatoms. The first-order chi connectivity index (χ1) is 18.2. The van der Waals surface area contributed by atoms with Crippen LogP contribution in [0.1, 0.15) is 39.2 Å². The van der Waals surface area contributed by atoms with Gasteiger partial charge in [-0.05, 0) is 95.9 Å². The molecule has 5 rings (SSSR count). The minimum absolute atomic E-state index is 0.340. The maximum atomic E-state index is 12.6. The molecule has 0 unspecified atom stereocenters. The van der Waals surface area contributed by atoms with Gasteiger partial charge in [-0.1, -0.05) is 0 Å². The van der Waals surface area contributed by atoms with Gasteiger partial charge in [0.25, 0.3) is 0 Å². The number of nitrogens with zero attached hydrogens (tertiary/aromatic N) is 4. The van der Waals surface area contributed by atoms with Gasteiger partial charge in [-0.3, -0.25) is 4.90 Å². The smallest absolute Gasteiger partial charge is 0.414 e. The minimum Gasteiger partial charge on any atom is -0.493 e. The van der Waals surface area contributed by atoms with Gasteiger partial charge in [0.05, 0.1) is 30.3 Å². The topological polar surface area (TPSA) is 86.2 Å². The number of benzene rings is 2. The first kappa shape index (κ1) is 26.0. The van der Waals surface area contributed by atoms with E-state index in [0.717, 1.165) is 49.0 Å². The molecular weight excluding hydrogens is 484 g/mol. The molecule has 0 saturated carbocycles. The number of aromatic nitrogens is 2. The normalized spacial score (nSPS) is 16.4. The fourth-order valence-electron chi connectivity index (χ4n) is 4.89. The Bertz CT molecular complexity index is 1310. The Kier molecular flexibility index (Phi) is 7.29.